The van der Waals surface area contributed by atoms with Gasteiger partial charge in [-0.1, -0.05) is 41.9 Å². The lowest BCUT2D eigenvalue weighted by atomic mass is 10.1. The third kappa shape index (κ3) is 4.24. The molecule has 3 aromatic carbocycles. The lowest BCUT2D eigenvalue weighted by Crippen LogP contribution is -2.21. The minimum Gasteiger partial charge on any atom is -0.361 e. The van der Waals surface area contributed by atoms with E-state index >= 15 is 0 Å². The third-order valence-corrected chi connectivity index (χ3v) is 4.77. The van der Waals surface area contributed by atoms with E-state index in [4.69, 9.17) is 11.6 Å². The highest BCUT2D eigenvalue weighted by molar-refractivity contribution is 6.30. The normalized spacial score (nSPS) is 11.0. The summed E-state index contributed by atoms with van der Waals surface area (Å²) in [6, 6.07) is 21.0. The summed E-state index contributed by atoms with van der Waals surface area (Å²) in [6.07, 6.45) is 3.40. The Morgan fingerprint density at radius 3 is 2.47 bits per heavy atom. The van der Waals surface area contributed by atoms with Gasteiger partial charge in [-0.3, -0.25) is 9.59 Å². The van der Waals surface area contributed by atoms with Crippen LogP contribution in [-0.4, -0.2) is 23.0 Å². The van der Waals surface area contributed by atoms with Crippen molar-refractivity contribution in [3.05, 3.63) is 101 Å². The molecule has 0 atom stereocenters. The molecule has 0 spiro atoms. The predicted octanol–water partition coefficient (Wildman–Crippen LogP) is 4.84. The Kier molecular flexibility index (Phi) is 5.59. The number of benzene rings is 3. The van der Waals surface area contributed by atoms with Crippen LogP contribution >= 0.6 is 11.6 Å². The summed E-state index contributed by atoms with van der Waals surface area (Å²) < 4.78 is 0. The number of hydrazone groups is 1. The van der Waals surface area contributed by atoms with E-state index in [0.29, 0.717) is 21.8 Å². The van der Waals surface area contributed by atoms with Crippen molar-refractivity contribution in [3.63, 3.8) is 0 Å². The molecule has 4 aromatic rings. The lowest BCUT2D eigenvalue weighted by molar-refractivity contribution is 0.0956. The van der Waals surface area contributed by atoms with Gasteiger partial charge >= 0.3 is 0 Å². The molecule has 7 heteroatoms. The van der Waals surface area contributed by atoms with Gasteiger partial charge in [-0.25, -0.2) is 5.43 Å². The molecule has 3 N–H and O–H groups in total. The number of rotatable bonds is 5. The summed E-state index contributed by atoms with van der Waals surface area (Å²) in [6.45, 7) is 0. The van der Waals surface area contributed by atoms with Gasteiger partial charge in [0.15, 0.2) is 0 Å². The molecule has 0 aliphatic heterocycles. The van der Waals surface area contributed by atoms with Gasteiger partial charge < -0.3 is 10.3 Å². The molecule has 1 heterocycles. The van der Waals surface area contributed by atoms with Crippen molar-refractivity contribution in [3.8, 4) is 0 Å². The second kappa shape index (κ2) is 8.63. The topological polar surface area (TPSA) is 86.3 Å². The van der Waals surface area contributed by atoms with E-state index in [-0.39, 0.29) is 5.91 Å². The van der Waals surface area contributed by atoms with Crippen molar-refractivity contribution < 1.29 is 9.59 Å². The maximum atomic E-state index is 12.6. The van der Waals surface area contributed by atoms with Crippen LogP contribution in [0.15, 0.2) is 84.1 Å². The number of hydrogen-bond donors (Lipinski definition) is 3. The van der Waals surface area contributed by atoms with Crippen molar-refractivity contribution in [1.82, 2.24) is 10.4 Å². The number of H-pyrrole nitrogens is 1. The zero-order valence-electron chi connectivity index (χ0n) is 15.7. The number of halogens is 1. The number of aromatic nitrogens is 1. The Balaban J connectivity index is 1.48. The summed E-state index contributed by atoms with van der Waals surface area (Å²) in [4.78, 5) is 28.2. The van der Waals surface area contributed by atoms with E-state index in [9.17, 15) is 9.59 Å². The van der Waals surface area contributed by atoms with Crippen LogP contribution in [0.25, 0.3) is 10.9 Å². The van der Waals surface area contributed by atoms with Gasteiger partial charge in [-0.2, -0.15) is 5.10 Å². The molecule has 0 bridgehead atoms. The summed E-state index contributed by atoms with van der Waals surface area (Å²) in [5, 5.41) is 8.36. The first-order valence-electron chi connectivity index (χ1n) is 9.17. The number of aromatic amines is 1. The Hall–Kier alpha value is -3.90. The Labute approximate surface area is 177 Å². The fraction of sp³-hybridized carbons (Fsp3) is 0. The van der Waals surface area contributed by atoms with Crippen LogP contribution < -0.4 is 10.7 Å². The number of anilines is 1. The van der Waals surface area contributed by atoms with Gasteiger partial charge in [0.2, 0.25) is 0 Å². The standard InChI is InChI=1S/C23H17ClN4O2/c24-17-11-9-15(10-12-17)22(29)27-21-8-4-2-6-19(21)23(30)28-26-14-16-13-25-20-7-3-1-5-18(16)20/h1-14,25H,(H,27,29)(H,28,30). The highest BCUT2D eigenvalue weighted by atomic mass is 35.5. The number of amides is 2. The molecule has 148 valence electrons. The summed E-state index contributed by atoms with van der Waals surface area (Å²) in [5.74, 6) is -0.771. The van der Waals surface area contributed by atoms with Crippen molar-refractivity contribution in [2.75, 3.05) is 5.32 Å². The summed E-state index contributed by atoms with van der Waals surface area (Å²) in [5.41, 5.74) is 5.48. The molecule has 0 saturated carbocycles. The molecule has 0 saturated heterocycles. The molecule has 6 nitrogen and oxygen atoms in total. The highest BCUT2D eigenvalue weighted by Gasteiger charge is 2.13. The van der Waals surface area contributed by atoms with E-state index < -0.39 is 5.91 Å². The van der Waals surface area contributed by atoms with E-state index in [1.807, 2.05) is 30.5 Å². The van der Waals surface area contributed by atoms with Gasteiger partial charge in [-0.05, 0) is 42.5 Å². The average Bonchev–Trinajstić information content (AvgIpc) is 3.17. The van der Waals surface area contributed by atoms with Crippen LogP contribution in [0.3, 0.4) is 0 Å². The number of carbonyl (C=O) groups excluding carboxylic acids is 2. The maximum Gasteiger partial charge on any atom is 0.273 e. The maximum absolute atomic E-state index is 12.6. The molecular weight excluding hydrogens is 400 g/mol. The summed E-state index contributed by atoms with van der Waals surface area (Å²) >= 11 is 5.86. The molecule has 0 radical (unpaired) electrons. The Bertz CT molecular complexity index is 1250. The molecule has 0 aliphatic carbocycles. The number of nitrogens with one attached hydrogen (secondary N) is 3. The smallest absolute Gasteiger partial charge is 0.273 e. The van der Waals surface area contributed by atoms with Gasteiger partial charge in [0.1, 0.15) is 0 Å². The van der Waals surface area contributed by atoms with E-state index in [0.717, 1.165) is 16.5 Å². The fourth-order valence-electron chi connectivity index (χ4n) is 3.01. The molecule has 0 unspecified atom stereocenters. The third-order valence-electron chi connectivity index (χ3n) is 4.52. The van der Waals surface area contributed by atoms with Crippen LogP contribution in [-0.2, 0) is 0 Å². The average molecular weight is 417 g/mol. The molecular formula is C23H17ClN4O2. The SMILES string of the molecule is O=C(Nc1ccccc1C(=O)NN=Cc1c[nH]c2ccccc12)c1ccc(Cl)cc1. The number of nitrogens with zero attached hydrogens (tertiary/aromatic N) is 1. The second-order valence-corrected chi connectivity index (χ2v) is 6.93. The largest absolute Gasteiger partial charge is 0.361 e. The molecule has 30 heavy (non-hydrogen) atoms. The minimum atomic E-state index is -0.432. The van der Waals surface area contributed by atoms with Crippen molar-refractivity contribution >= 4 is 46.2 Å². The Morgan fingerprint density at radius 1 is 0.900 bits per heavy atom. The van der Waals surface area contributed by atoms with Crippen molar-refractivity contribution in [2.45, 2.75) is 0 Å². The molecule has 0 aliphatic rings. The van der Waals surface area contributed by atoms with Gasteiger partial charge in [0, 0.05) is 33.2 Å². The predicted molar refractivity (Wildman–Crippen MR) is 119 cm³/mol. The first-order chi connectivity index (χ1) is 14.6. The number of fused-ring (bicyclic) bond motifs is 1. The van der Waals surface area contributed by atoms with Gasteiger partial charge in [0.25, 0.3) is 11.8 Å². The van der Waals surface area contributed by atoms with Crippen LogP contribution in [0.5, 0.6) is 0 Å². The zero-order valence-corrected chi connectivity index (χ0v) is 16.5. The fourth-order valence-corrected chi connectivity index (χ4v) is 3.13. The number of hydrogen-bond acceptors (Lipinski definition) is 3. The van der Waals surface area contributed by atoms with Crippen LogP contribution in [0.1, 0.15) is 26.3 Å². The number of para-hydroxylation sites is 2. The van der Waals surface area contributed by atoms with Crippen molar-refractivity contribution in [2.24, 2.45) is 5.10 Å². The molecule has 1 aromatic heterocycles. The van der Waals surface area contributed by atoms with Crippen molar-refractivity contribution in [1.29, 1.82) is 0 Å². The molecule has 2 amide bonds. The zero-order chi connectivity index (χ0) is 20.9. The van der Waals surface area contributed by atoms with Crippen LogP contribution in [0.4, 0.5) is 5.69 Å². The molecule has 0 fully saturated rings. The first-order valence-corrected chi connectivity index (χ1v) is 9.55. The van der Waals surface area contributed by atoms with E-state index in [2.05, 4.69) is 20.8 Å². The summed E-state index contributed by atoms with van der Waals surface area (Å²) in [7, 11) is 0. The molecule has 4 rings (SSSR count). The minimum absolute atomic E-state index is 0.302. The number of carbonyl (C=O) groups is 2. The van der Waals surface area contributed by atoms with Crippen LogP contribution in [0.2, 0.25) is 5.02 Å². The second-order valence-electron chi connectivity index (χ2n) is 6.50. The first kappa shape index (κ1) is 19.4. The quantitative estimate of drug-likeness (QED) is 0.321. The van der Waals surface area contributed by atoms with Gasteiger partial charge in [0.05, 0.1) is 17.5 Å². The Morgan fingerprint density at radius 2 is 1.63 bits per heavy atom. The van der Waals surface area contributed by atoms with E-state index in [1.165, 1.54) is 0 Å². The highest BCUT2D eigenvalue weighted by Crippen LogP contribution is 2.18. The van der Waals surface area contributed by atoms with Crippen LogP contribution in [0, 0.1) is 0 Å². The van der Waals surface area contributed by atoms with E-state index in [1.54, 1.807) is 54.7 Å². The monoisotopic (exact) mass is 416 g/mol. The lowest BCUT2D eigenvalue weighted by Gasteiger charge is -2.10. The van der Waals surface area contributed by atoms with Gasteiger partial charge in [-0.15, -0.1) is 0 Å².